The molecule has 8 heteroatoms. The molecule has 1 fully saturated rings. The molecule has 3 heterocycles. The van der Waals surface area contributed by atoms with E-state index in [0.717, 1.165) is 42.5 Å². The minimum atomic E-state index is -0.130. The molecule has 1 aromatic heterocycles. The van der Waals surface area contributed by atoms with Gasteiger partial charge in [0.1, 0.15) is 0 Å². The second-order valence-electron chi connectivity index (χ2n) is 8.14. The number of hydrogen-bond donors (Lipinski definition) is 1. The number of carbonyl (C=O) groups excluding carboxylic acids is 1. The Kier molecular flexibility index (Phi) is 5.66. The van der Waals surface area contributed by atoms with Gasteiger partial charge >= 0.3 is 0 Å². The zero-order valence-electron chi connectivity index (χ0n) is 17.9. The monoisotopic (exact) mass is 434 g/mol. The van der Waals surface area contributed by atoms with Gasteiger partial charge in [-0.2, -0.15) is 0 Å². The van der Waals surface area contributed by atoms with E-state index in [4.69, 9.17) is 9.47 Å². The molecule has 166 valence electrons. The van der Waals surface area contributed by atoms with E-state index in [1.54, 1.807) is 4.57 Å². The highest BCUT2D eigenvalue weighted by molar-refractivity contribution is 5.78. The Hall–Kier alpha value is -3.55. The maximum absolute atomic E-state index is 13.3. The summed E-state index contributed by atoms with van der Waals surface area (Å²) >= 11 is 0. The Bertz CT molecular complexity index is 1200. The summed E-state index contributed by atoms with van der Waals surface area (Å²) in [6.07, 6.45) is 3.52. The van der Waals surface area contributed by atoms with Crippen LogP contribution < -0.4 is 25.2 Å². The summed E-state index contributed by atoms with van der Waals surface area (Å²) < 4.78 is 12.4. The number of nitrogens with one attached hydrogen (secondary N) is 1. The normalized spacial score (nSPS) is 15.2. The Morgan fingerprint density at radius 1 is 1.03 bits per heavy atom. The molecule has 0 aliphatic carbocycles. The van der Waals surface area contributed by atoms with Crippen molar-refractivity contribution in [2.24, 2.45) is 0 Å². The van der Waals surface area contributed by atoms with Crippen molar-refractivity contribution in [1.29, 1.82) is 0 Å². The van der Waals surface area contributed by atoms with E-state index in [1.165, 1.54) is 6.42 Å². The van der Waals surface area contributed by atoms with Crippen LogP contribution in [0, 0.1) is 0 Å². The summed E-state index contributed by atoms with van der Waals surface area (Å²) in [5.41, 5.74) is 2.32. The quantitative estimate of drug-likeness (QED) is 0.642. The molecule has 2 aromatic carbocycles. The summed E-state index contributed by atoms with van der Waals surface area (Å²) in [5, 5.41) is 2.93. The second-order valence-corrected chi connectivity index (χ2v) is 8.14. The largest absolute Gasteiger partial charge is 0.454 e. The van der Waals surface area contributed by atoms with Gasteiger partial charge in [-0.15, -0.1) is 0 Å². The van der Waals surface area contributed by atoms with Gasteiger partial charge in [0.2, 0.25) is 12.7 Å². The topological polar surface area (TPSA) is 85.7 Å². The third kappa shape index (κ3) is 4.12. The fraction of sp³-hybridized carbons (Fsp3) is 0.375. The lowest BCUT2D eigenvalue weighted by Gasteiger charge is -2.27. The van der Waals surface area contributed by atoms with Crippen molar-refractivity contribution in [3.05, 3.63) is 58.4 Å². The Balaban J connectivity index is 1.30. The number of aryl methyl sites for hydroxylation is 1. The first-order valence-corrected chi connectivity index (χ1v) is 11.1. The molecule has 1 saturated heterocycles. The molecule has 5 rings (SSSR count). The summed E-state index contributed by atoms with van der Waals surface area (Å²) in [6, 6.07) is 13.2. The van der Waals surface area contributed by atoms with Crippen molar-refractivity contribution in [1.82, 2.24) is 14.9 Å². The van der Waals surface area contributed by atoms with Crippen LogP contribution in [0.4, 0.5) is 5.82 Å². The summed E-state index contributed by atoms with van der Waals surface area (Å²) in [5.74, 6) is 1.78. The maximum atomic E-state index is 13.3. The van der Waals surface area contributed by atoms with Crippen LogP contribution in [0.25, 0.3) is 11.0 Å². The first-order chi connectivity index (χ1) is 15.7. The smallest absolute Gasteiger partial charge is 0.294 e. The van der Waals surface area contributed by atoms with Crippen LogP contribution >= 0.6 is 0 Å². The molecule has 2 aliphatic rings. The molecular weight excluding hydrogens is 408 g/mol. The number of rotatable bonds is 6. The van der Waals surface area contributed by atoms with Gasteiger partial charge in [-0.1, -0.05) is 18.2 Å². The third-order valence-corrected chi connectivity index (χ3v) is 5.98. The molecule has 1 amide bonds. The van der Waals surface area contributed by atoms with Crippen molar-refractivity contribution < 1.29 is 14.3 Å². The number of hydrogen-bond acceptors (Lipinski definition) is 6. The van der Waals surface area contributed by atoms with Crippen LogP contribution in [0.15, 0.2) is 47.3 Å². The molecule has 2 aliphatic heterocycles. The lowest BCUT2D eigenvalue weighted by molar-refractivity contribution is -0.121. The lowest BCUT2D eigenvalue weighted by atomic mass is 10.1. The number of fused-ring (bicyclic) bond motifs is 2. The highest BCUT2D eigenvalue weighted by Crippen LogP contribution is 2.32. The van der Waals surface area contributed by atoms with Crippen LogP contribution in [-0.2, 0) is 17.9 Å². The number of aromatic nitrogens is 2. The molecule has 0 unspecified atom stereocenters. The number of ether oxygens (including phenoxy) is 2. The minimum Gasteiger partial charge on any atom is -0.454 e. The highest BCUT2D eigenvalue weighted by Gasteiger charge is 2.19. The number of anilines is 1. The van der Waals surface area contributed by atoms with Crippen LogP contribution in [0.2, 0.25) is 0 Å². The van der Waals surface area contributed by atoms with Gasteiger partial charge in [0.25, 0.3) is 5.56 Å². The number of nitrogens with zero attached hydrogens (tertiary/aromatic N) is 3. The van der Waals surface area contributed by atoms with Gasteiger partial charge in [0, 0.05) is 32.6 Å². The molecule has 32 heavy (non-hydrogen) atoms. The Morgan fingerprint density at radius 2 is 1.84 bits per heavy atom. The molecule has 0 atom stereocenters. The summed E-state index contributed by atoms with van der Waals surface area (Å²) in [6.45, 7) is 2.60. The first-order valence-electron chi connectivity index (χ1n) is 11.1. The van der Waals surface area contributed by atoms with Crippen LogP contribution in [0.3, 0.4) is 0 Å². The van der Waals surface area contributed by atoms with Gasteiger partial charge in [-0.05, 0) is 49.1 Å². The van der Waals surface area contributed by atoms with Crippen molar-refractivity contribution >= 4 is 22.8 Å². The van der Waals surface area contributed by atoms with E-state index in [1.807, 2.05) is 42.5 Å². The fourth-order valence-corrected chi connectivity index (χ4v) is 4.27. The average Bonchev–Trinajstić information content (AvgIpc) is 3.30. The lowest BCUT2D eigenvalue weighted by Crippen LogP contribution is -2.37. The zero-order valence-corrected chi connectivity index (χ0v) is 17.9. The molecule has 0 bridgehead atoms. The molecule has 3 aromatic rings. The van der Waals surface area contributed by atoms with E-state index >= 15 is 0 Å². The maximum Gasteiger partial charge on any atom is 0.294 e. The van der Waals surface area contributed by atoms with Crippen LogP contribution in [0.1, 0.15) is 31.2 Å². The first kappa shape index (κ1) is 20.4. The van der Waals surface area contributed by atoms with Crippen molar-refractivity contribution in [2.45, 2.75) is 38.8 Å². The Morgan fingerprint density at radius 3 is 2.72 bits per heavy atom. The molecule has 8 nitrogen and oxygen atoms in total. The Labute approximate surface area is 185 Å². The van der Waals surface area contributed by atoms with Gasteiger partial charge in [0.15, 0.2) is 17.3 Å². The van der Waals surface area contributed by atoms with E-state index in [-0.39, 0.29) is 24.7 Å². The van der Waals surface area contributed by atoms with E-state index in [0.29, 0.717) is 30.4 Å². The minimum absolute atomic E-state index is 0.116. The number of para-hydroxylation sites is 2. The average molecular weight is 434 g/mol. The van der Waals surface area contributed by atoms with Crippen molar-refractivity contribution in [2.75, 3.05) is 24.8 Å². The second kappa shape index (κ2) is 8.90. The SMILES string of the molecule is O=C(CCn1c(=O)c(N2CCCCC2)nc2ccccc21)NCc1ccc2c(c1)OCO2. The highest BCUT2D eigenvalue weighted by atomic mass is 16.7. The van der Waals surface area contributed by atoms with Crippen molar-refractivity contribution in [3.8, 4) is 11.5 Å². The molecule has 0 saturated carbocycles. The van der Waals surface area contributed by atoms with Crippen molar-refractivity contribution in [3.63, 3.8) is 0 Å². The molecule has 0 radical (unpaired) electrons. The molecule has 0 spiro atoms. The van der Waals surface area contributed by atoms with Gasteiger partial charge in [-0.3, -0.25) is 9.59 Å². The van der Waals surface area contributed by atoms with E-state index in [9.17, 15) is 9.59 Å². The van der Waals surface area contributed by atoms with E-state index < -0.39 is 0 Å². The predicted molar refractivity (Wildman–Crippen MR) is 121 cm³/mol. The number of carbonyl (C=O) groups is 1. The summed E-state index contributed by atoms with van der Waals surface area (Å²) in [4.78, 5) is 32.6. The summed E-state index contributed by atoms with van der Waals surface area (Å²) in [7, 11) is 0. The van der Waals surface area contributed by atoms with Gasteiger partial charge in [0.05, 0.1) is 11.0 Å². The predicted octanol–water partition coefficient (Wildman–Crippen LogP) is 2.82. The van der Waals surface area contributed by atoms with E-state index in [2.05, 4.69) is 15.2 Å². The van der Waals surface area contributed by atoms with Gasteiger partial charge < -0.3 is 24.3 Å². The standard InChI is InChI=1S/C24H26N4O4/c29-22(25-15-17-8-9-20-21(14-17)32-16-31-20)10-13-28-19-7-3-2-6-18(19)26-23(24(28)30)27-11-4-1-5-12-27/h2-3,6-9,14H,1,4-5,10-13,15-16H2,(H,25,29). The molecular formula is C24H26N4O4. The number of benzene rings is 2. The molecule has 1 N–H and O–H groups in total. The fourth-order valence-electron chi connectivity index (χ4n) is 4.27. The number of amides is 1. The van der Waals surface area contributed by atoms with Crippen LogP contribution in [0.5, 0.6) is 11.5 Å². The third-order valence-electron chi connectivity index (χ3n) is 5.98. The van der Waals surface area contributed by atoms with Crippen LogP contribution in [-0.4, -0.2) is 35.3 Å². The number of piperidine rings is 1. The van der Waals surface area contributed by atoms with Gasteiger partial charge in [-0.25, -0.2) is 4.98 Å². The zero-order chi connectivity index (χ0) is 21.9.